The summed E-state index contributed by atoms with van der Waals surface area (Å²) in [6, 6.07) is 12.6. The molecule has 3 rings (SSSR count). The lowest BCUT2D eigenvalue weighted by atomic mass is 10.1. The zero-order chi connectivity index (χ0) is 19.4. The molecule has 7 heteroatoms. The standard InChI is InChI=1S/C20H19ClN4O2/c1-12-7-13(2)19(16(21)8-12)25-18-10-17(22-11-23-18)20(26)24-14-5-4-6-15(9-14)27-3/h4-11H,1-3H3,(H,24,26)(H,22,23,25). The molecule has 3 aromatic rings. The van der Waals surface area contributed by atoms with Gasteiger partial charge in [0.15, 0.2) is 0 Å². The van der Waals surface area contributed by atoms with Gasteiger partial charge >= 0.3 is 0 Å². The van der Waals surface area contributed by atoms with E-state index in [0.717, 1.165) is 16.8 Å². The molecule has 1 aromatic heterocycles. The first-order valence-corrected chi connectivity index (χ1v) is 8.65. The number of methoxy groups -OCH3 is 1. The Hall–Kier alpha value is -3.12. The Bertz CT molecular complexity index is 968. The molecule has 0 aliphatic carbocycles. The Morgan fingerprint density at radius 3 is 2.67 bits per heavy atom. The van der Waals surface area contributed by atoms with E-state index in [1.165, 1.54) is 6.33 Å². The van der Waals surface area contributed by atoms with Crippen LogP contribution in [0, 0.1) is 13.8 Å². The summed E-state index contributed by atoms with van der Waals surface area (Å²) in [5.41, 5.74) is 3.66. The largest absolute Gasteiger partial charge is 0.497 e. The summed E-state index contributed by atoms with van der Waals surface area (Å²) in [6.07, 6.45) is 1.33. The van der Waals surface area contributed by atoms with Crippen LogP contribution in [-0.2, 0) is 0 Å². The maximum Gasteiger partial charge on any atom is 0.274 e. The van der Waals surface area contributed by atoms with Crippen LogP contribution in [0.2, 0.25) is 5.02 Å². The van der Waals surface area contributed by atoms with Crippen LogP contribution in [-0.4, -0.2) is 23.0 Å². The van der Waals surface area contributed by atoms with E-state index in [2.05, 4.69) is 20.6 Å². The number of carbonyl (C=O) groups excluding carboxylic acids is 1. The molecule has 1 amide bonds. The van der Waals surface area contributed by atoms with Crippen molar-refractivity contribution < 1.29 is 9.53 Å². The first kappa shape index (κ1) is 18.7. The van der Waals surface area contributed by atoms with Crippen molar-refractivity contribution in [1.82, 2.24) is 9.97 Å². The van der Waals surface area contributed by atoms with Crippen molar-refractivity contribution in [3.63, 3.8) is 0 Å². The van der Waals surface area contributed by atoms with Crippen molar-refractivity contribution in [2.24, 2.45) is 0 Å². The van der Waals surface area contributed by atoms with E-state index in [1.807, 2.05) is 26.0 Å². The predicted molar refractivity (Wildman–Crippen MR) is 107 cm³/mol. The van der Waals surface area contributed by atoms with Crippen LogP contribution in [0.25, 0.3) is 0 Å². The molecule has 138 valence electrons. The highest BCUT2D eigenvalue weighted by atomic mass is 35.5. The Labute approximate surface area is 162 Å². The number of rotatable bonds is 5. The number of hydrogen-bond acceptors (Lipinski definition) is 5. The van der Waals surface area contributed by atoms with Crippen LogP contribution in [0.3, 0.4) is 0 Å². The van der Waals surface area contributed by atoms with Crippen molar-refractivity contribution in [2.75, 3.05) is 17.7 Å². The number of aryl methyl sites for hydroxylation is 2. The molecule has 0 fully saturated rings. The molecule has 0 saturated carbocycles. The van der Waals surface area contributed by atoms with Crippen molar-refractivity contribution in [2.45, 2.75) is 13.8 Å². The Morgan fingerprint density at radius 1 is 1.11 bits per heavy atom. The predicted octanol–water partition coefficient (Wildman–Crippen LogP) is 4.75. The van der Waals surface area contributed by atoms with Crippen molar-refractivity contribution in [1.29, 1.82) is 0 Å². The number of carbonyl (C=O) groups is 1. The maximum atomic E-state index is 12.5. The molecule has 2 aromatic carbocycles. The molecule has 2 N–H and O–H groups in total. The molecule has 1 heterocycles. The van der Waals surface area contributed by atoms with E-state index in [9.17, 15) is 4.79 Å². The summed E-state index contributed by atoms with van der Waals surface area (Å²) in [6.45, 7) is 3.94. The summed E-state index contributed by atoms with van der Waals surface area (Å²) in [5, 5.41) is 6.54. The van der Waals surface area contributed by atoms with Gasteiger partial charge in [0.1, 0.15) is 23.6 Å². The second-order valence-corrected chi connectivity index (χ2v) is 6.45. The number of amides is 1. The van der Waals surface area contributed by atoms with Gasteiger partial charge in [-0.15, -0.1) is 0 Å². The van der Waals surface area contributed by atoms with Crippen LogP contribution in [0.1, 0.15) is 21.6 Å². The van der Waals surface area contributed by atoms with Crippen molar-refractivity contribution in [3.8, 4) is 5.75 Å². The summed E-state index contributed by atoms with van der Waals surface area (Å²) in [5.74, 6) is 0.789. The van der Waals surface area contributed by atoms with Gasteiger partial charge in [0, 0.05) is 17.8 Å². The van der Waals surface area contributed by atoms with Gasteiger partial charge in [0.05, 0.1) is 17.8 Å². The molecule has 27 heavy (non-hydrogen) atoms. The van der Waals surface area contributed by atoms with Gasteiger partial charge in [-0.2, -0.15) is 0 Å². The summed E-state index contributed by atoms with van der Waals surface area (Å²) >= 11 is 6.33. The normalized spacial score (nSPS) is 10.4. The number of ether oxygens (including phenoxy) is 1. The molecule has 0 aliphatic rings. The van der Waals surface area contributed by atoms with Crippen LogP contribution < -0.4 is 15.4 Å². The van der Waals surface area contributed by atoms with E-state index >= 15 is 0 Å². The van der Waals surface area contributed by atoms with Gasteiger partial charge in [0.2, 0.25) is 0 Å². The highest BCUT2D eigenvalue weighted by Gasteiger charge is 2.12. The van der Waals surface area contributed by atoms with Crippen LogP contribution >= 0.6 is 11.6 Å². The van der Waals surface area contributed by atoms with E-state index in [0.29, 0.717) is 22.3 Å². The summed E-state index contributed by atoms with van der Waals surface area (Å²) in [4.78, 5) is 20.7. The smallest absolute Gasteiger partial charge is 0.274 e. The minimum atomic E-state index is -0.347. The average molecular weight is 383 g/mol. The highest BCUT2D eigenvalue weighted by molar-refractivity contribution is 6.33. The molecule has 6 nitrogen and oxygen atoms in total. The maximum absolute atomic E-state index is 12.5. The molecule has 0 atom stereocenters. The van der Waals surface area contributed by atoms with Gasteiger partial charge in [-0.25, -0.2) is 9.97 Å². The number of anilines is 3. The van der Waals surface area contributed by atoms with Gasteiger partial charge < -0.3 is 15.4 Å². The van der Waals surface area contributed by atoms with E-state index in [1.54, 1.807) is 37.4 Å². The minimum Gasteiger partial charge on any atom is -0.497 e. The zero-order valence-corrected chi connectivity index (χ0v) is 16.0. The number of hydrogen-bond donors (Lipinski definition) is 2. The minimum absolute atomic E-state index is 0.233. The zero-order valence-electron chi connectivity index (χ0n) is 15.2. The Balaban J connectivity index is 1.80. The van der Waals surface area contributed by atoms with Crippen molar-refractivity contribution in [3.05, 3.63) is 70.6 Å². The molecule has 0 bridgehead atoms. The molecule has 0 unspecified atom stereocenters. The number of benzene rings is 2. The van der Waals surface area contributed by atoms with Crippen molar-refractivity contribution >= 4 is 34.7 Å². The molecular weight excluding hydrogens is 364 g/mol. The SMILES string of the molecule is COc1cccc(NC(=O)c2cc(Nc3c(C)cc(C)cc3Cl)ncn2)c1. The molecular formula is C20H19ClN4O2. The van der Waals surface area contributed by atoms with Crippen LogP contribution in [0.4, 0.5) is 17.2 Å². The van der Waals surface area contributed by atoms with Gasteiger partial charge in [-0.3, -0.25) is 4.79 Å². The average Bonchev–Trinajstić information content (AvgIpc) is 2.65. The Morgan fingerprint density at radius 2 is 1.93 bits per heavy atom. The third kappa shape index (κ3) is 4.54. The monoisotopic (exact) mass is 382 g/mol. The molecule has 0 spiro atoms. The fraction of sp³-hybridized carbons (Fsp3) is 0.150. The van der Waals surface area contributed by atoms with Gasteiger partial charge in [-0.05, 0) is 43.2 Å². The fourth-order valence-electron chi connectivity index (χ4n) is 2.65. The number of halogens is 1. The lowest BCUT2D eigenvalue weighted by Crippen LogP contribution is -2.14. The molecule has 0 aliphatic heterocycles. The van der Waals surface area contributed by atoms with Crippen LogP contribution in [0.15, 0.2) is 48.8 Å². The van der Waals surface area contributed by atoms with E-state index < -0.39 is 0 Å². The number of aromatic nitrogens is 2. The highest BCUT2D eigenvalue weighted by Crippen LogP contribution is 2.29. The topological polar surface area (TPSA) is 76.1 Å². The first-order valence-electron chi connectivity index (χ1n) is 8.27. The molecule has 0 saturated heterocycles. The summed E-state index contributed by atoms with van der Waals surface area (Å²) in [7, 11) is 1.57. The Kier molecular flexibility index (Phi) is 5.57. The van der Waals surface area contributed by atoms with Crippen LogP contribution in [0.5, 0.6) is 5.75 Å². The van der Waals surface area contributed by atoms with E-state index in [4.69, 9.17) is 16.3 Å². The number of nitrogens with zero attached hydrogens (tertiary/aromatic N) is 2. The second kappa shape index (κ2) is 8.05. The summed E-state index contributed by atoms with van der Waals surface area (Å²) < 4.78 is 5.16. The molecule has 0 radical (unpaired) electrons. The fourth-order valence-corrected chi connectivity index (χ4v) is 3.02. The quantitative estimate of drug-likeness (QED) is 0.665. The lowest BCUT2D eigenvalue weighted by Gasteiger charge is -2.12. The first-order chi connectivity index (χ1) is 13.0. The van der Waals surface area contributed by atoms with Gasteiger partial charge in [-0.1, -0.05) is 23.7 Å². The second-order valence-electron chi connectivity index (χ2n) is 6.04. The third-order valence-electron chi connectivity index (χ3n) is 3.91. The number of nitrogens with one attached hydrogen (secondary N) is 2. The van der Waals surface area contributed by atoms with E-state index in [-0.39, 0.29) is 11.6 Å². The van der Waals surface area contributed by atoms with Gasteiger partial charge in [0.25, 0.3) is 5.91 Å². The lowest BCUT2D eigenvalue weighted by molar-refractivity contribution is 0.102. The third-order valence-corrected chi connectivity index (χ3v) is 4.21.